The molecule has 2 aromatic rings. The van der Waals surface area contributed by atoms with Gasteiger partial charge >= 0.3 is 0 Å². The molecule has 0 amide bonds. The molecule has 0 saturated carbocycles. The molecule has 0 spiro atoms. The molecule has 0 unspecified atom stereocenters. The summed E-state index contributed by atoms with van der Waals surface area (Å²) in [6.07, 6.45) is 8.46. The van der Waals surface area contributed by atoms with Crippen LogP contribution in [0.25, 0.3) is 12.2 Å². The fourth-order valence-electron chi connectivity index (χ4n) is 6.65. The largest absolute Gasteiger partial charge is 0.358 e. The number of H-pyrrole nitrogens is 2. The summed E-state index contributed by atoms with van der Waals surface area (Å²) >= 11 is 0. The van der Waals surface area contributed by atoms with Crippen LogP contribution in [0.2, 0.25) is 0 Å². The van der Waals surface area contributed by atoms with E-state index in [2.05, 4.69) is 91.4 Å². The lowest BCUT2D eigenvalue weighted by Gasteiger charge is -2.26. The van der Waals surface area contributed by atoms with Crippen molar-refractivity contribution in [2.24, 2.45) is 9.98 Å². The van der Waals surface area contributed by atoms with Gasteiger partial charge in [-0.15, -0.1) is 0 Å². The van der Waals surface area contributed by atoms with E-state index in [9.17, 15) is 0 Å². The summed E-state index contributed by atoms with van der Waals surface area (Å²) in [5.74, 6) is 0. The lowest BCUT2D eigenvalue weighted by Crippen LogP contribution is -2.30. The van der Waals surface area contributed by atoms with E-state index in [4.69, 9.17) is 9.98 Å². The number of allylic oxidation sites excluding steroid dienone is 4. The summed E-state index contributed by atoms with van der Waals surface area (Å²) in [7, 11) is 0. The molecule has 8 bridgehead atoms. The Kier molecular flexibility index (Phi) is 6.21. The number of nitrogens with one attached hydrogen (secondary N) is 2. The third kappa shape index (κ3) is 3.63. The van der Waals surface area contributed by atoms with E-state index in [0.717, 1.165) is 54.2 Å². The molecule has 4 heteroatoms. The van der Waals surface area contributed by atoms with E-state index in [1.54, 1.807) is 0 Å². The first-order valence-corrected chi connectivity index (χ1v) is 14.0. The van der Waals surface area contributed by atoms with Gasteiger partial charge in [0.15, 0.2) is 0 Å². The van der Waals surface area contributed by atoms with Gasteiger partial charge in [-0.25, -0.2) is 4.99 Å². The molecule has 194 valence electrons. The highest BCUT2D eigenvalue weighted by molar-refractivity contribution is 6.16. The van der Waals surface area contributed by atoms with Crippen molar-refractivity contribution >= 4 is 23.6 Å². The van der Waals surface area contributed by atoms with Crippen molar-refractivity contribution in [3.8, 4) is 0 Å². The average molecular weight is 495 g/mol. The minimum Gasteiger partial charge on any atom is -0.358 e. The summed E-state index contributed by atoms with van der Waals surface area (Å²) in [5, 5.41) is 0. The molecule has 4 nitrogen and oxygen atoms in total. The van der Waals surface area contributed by atoms with Crippen molar-refractivity contribution in [1.29, 1.82) is 0 Å². The van der Waals surface area contributed by atoms with Gasteiger partial charge in [0.1, 0.15) is 0 Å². The number of aromatic amines is 2. The van der Waals surface area contributed by atoms with Crippen LogP contribution < -0.4 is 0 Å². The zero-order valence-electron chi connectivity index (χ0n) is 24.4. The second-order valence-corrected chi connectivity index (χ2v) is 11.3. The van der Waals surface area contributed by atoms with E-state index in [1.165, 1.54) is 61.6 Å². The molecule has 0 aromatic carbocycles. The monoisotopic (exact) mass is 494 g/mol. The Hall–Kier alpha value is -3.14. The van der Waals surface area contributed by atoms with Crippen LogP contribution >= 0.6 is 0 Å². The van der Waals surface area contributed by atoms with Gasteiger partial charge in [-0.2, -0.15) is 0 Å². The molecule has 5 rings (SSSR count). The Morgan fingerprint density at radius 3 is 1.95 bits per heavy atom. The molecular formula is C33H42N4. The quantitative estimate of drug-likeness (QED) is 0.428. The maximum atomic E-state index is 5.34. The van der Waals surface area contributed by atoms with Gasteiger partial charge in [0, 0.05) is 22.5 Å². The van der Waals surface area contributed by atoms with Gasteiger partial charge in [0.25, 0.3) is 0 Å². The van der Waals surface area contributed by atoms with Crippen LogP contribution in [0.15, 0.2) is 43.7 Å². The Morgan fingerprint density at radius 2 is 1.32 bits per heavy atom. The van der Waals surface area contributed by atoms with Crippen LogP contribution in [0, 0.1) is 13.8 Å². The van der Waals surface area contributed by atoms with Gasteiger partial charge in [-0.1, -0.05) is 27.7 Å². The molecule has 2 aromatic heterocycles. The number of nitrogens with zero attached hydrogens (tertiary/aromatic N) is 2. The molecule has 3 aliphatic heterocycles. The number of hydrogen-bond donors (Lipinski definition) is 2. The Balaban J connectivity index is 1.91. The highest BCUT2D eigenvalue weighted by Crippen LogP contribution is 2.41. The van der Waals surface area contributed by atoms with Gasteiger partial charge in [-0.05, 0) is 124 Å². The maximum absolute atomic E-state index is 5.34. The second kappa shape index (κ2) is 9.01. The topological polar surface area (TPSA) is 56.3 Å². The molecule has 0 saturated heterocycles. The van der Waals surface area contributed by atoms with Crippen molar-refractivity contribution < 1.29 is 0 Å². The first kappa shape index (κ1) is 25.5. The molecule has 37 heavy (non-hydrogen) atoms. The number of fused-ring (bicyclic) bond motifs is 7. The van der Waals surface area contributed by atoms with Gasteiger partial charge < -0.3 is 9.97 Å². The van der Waals surface area contributed by atoms with E-state index < -0.39 is 0 Å². The van der Waals surface area contributed by atoms with Crippen molar-refractivity contribution in [3.05, 3.63) is 78.7 Å². The Morgan fingerprint density at radius 1 is 0.676 bits per heavy atom. The molecule has 0 radical (unpaired) electrons. The third-order valence-electron chi connectivity index (χ3n) is 9.01. The van der Waals surface area contributed by atoms with Gasteiger partial charge in [0.05, 0.1) is 28.5 Å². The highest BCUT2D eigenvalue weighted by atomic mass is 14.9. The van der Waals surface area contributed by atoms with Crippen LogP contribution in [0.4, 0.5) is 0 Å². The SMILES string of the molecule is CCC1=C(CC)/C2=C/c3[nH]c(c(C)c3C)C(C)(C)C3=N/C(=C\c4[nH]c(c(CC)c4CC)C1=N2)C(C)=C3C. The predicted molar refractivity (Wildman–Crippen MR) is 159 cm³/mol. The van der Waals surface area contributed by atoms with Crippen molar-refractivity contribution in [2.45, 2.75) is 100 Å². The van der Waals surface area contributed by atoms with Crippen LogP contribution in [0.1, 0.15) is 113 Å². The minimum absolute atomic E-state index is 0.252. The number of rotatable bonds is 4. The fraction of sp³-hybridized carbons (Fsp3) is 0.455. The third-order valence-corrected chi connectivity index (χ3v) is 9.01. The molecule has 3 aliphatic rings. The van der Waals surface area contributed by atoms with Crippen molar-refractivity contribution in [3.63, 3.8) is 0 Å². The molecule has 2 N–H and O–H groups in total. The first-order chi connectivity index (χ1) is 17.6. The van der Waals surface area contributed by atoms with Crippen LogP contribution in [-0.4, -0.2) is 21.4 Å². The average Bonchev–Trinajstić information content (AvgIpc) is 3.57. The van der Waals surface area contributed by atoms with Crippen molar-refractivity contribution in [1.82, 2.24) is 9.97 Å². The molecule has 0 aliphatic carbocycles. The second-order valence-electron chi connectivity index (χ2n) is 11.3. The lowest BCUT2D eigenvalue weighted by atomic mass is 9.79. The summed E-state index contributed by atoms with van der Waals surface area (Å²) in [5.41, 5.74) is 19.6. The maximum Gasteiger partial charge on any atom is 0.0910 e. The number of aromatic nitrogens is 2. The predicted octanol–water partition coefficient (Wildman–Crippen LogP) is 8.47. The van der Waals surface area contributed by atoms with Crippen LogP contribution in [-0.2, 0) is 18.3 Å². The highest BCUT2D eigenvalue weighted by Gasteiger charge is 2.36. The molecule has 0 atom stereocenters. The summed E-state index contributed by atoms with van der Waals surface area (Å²) < 4.78 is 0. The lowest BCUT2D eigenvalue weighted by molar-refractivity contribution is 0.688. The van der Waals surface area contributed by atoms with E-state index in [1.807, 2.05) is 0 Å². The van der Waals surface area contributed by atoms with Crippen molar-refractivity contribution in [2.75, 3.05) is 0 Å². The van der Waals surface area contributed by atoms with Crippen LogP contribution in [0.3, 0.4) is 0 Å². The number of hydrogen-bond acceptors (Lipinski definition) is 2. The Labute approximate surface area is 222 Å². The summed E-state index contributed by atoms with van der Waals surface area (Å²) in [6, 6.07) is 0. The first-order valence-electron chi connectivity index (χ1n) is 14.0. The zero-order valence-corrected chi connectivity index (χ0v) is 24.4. The summed E-state index contributed by atoms with van der Waals surface area (Å²) in [6.45, 7) is 22.6. The normalized spacial score (nSPS) is 21.4. The zero-order chi connectivity index (χ0) is 26.8. The van der Waals surface area contributed by atoms with Gasteiger partial charge in [-0.3, -0.25) is 4.99 Å². The van der Waals surface area contributed by atoms with E-state index in [-0.39, 0.29) is 5.41 Å². The van der Waals surface area contributed by atoms with E-state index >= 15 is 0 Å². The van der Waals surface area contributed by atoms with E-state index in [0.29, 0.717) is 0 Å². The van der Waals surface area contributed by atoms with Gasteiger partial charge in [0.2, 0.25) is 0 Å². The molecule has 5 heterocycles. The minimum atomic E-state index is -0.252. The molecular weight excluding hydrogens is 452 g/mol. The summed E-state index contributed by atoms with van der Waals surface area (Å²) in [4.78, 5) is 18.3. The fourth-order valence-corrected chi connectivity index (χ4v) is 6.65. The molecule has 0 fully saturated rings. The van der Waals surface area contributed by atoms with Crippen LogP contribution in [0.5, 0.6) is 0 Å². The Bertz CT molecular complexity index is 1500. The smallest absolute Gasteiger partial charge is 0.0910 e. The standard InChI is InChI=1S/C33H42N4/c1-11-21-23(13-3)29-30-24(14-4)22(12-2)28(35-30)16-26-18(6)20(8)32(37-26)33(9,10)31-19(7)17(5)25(36-31)15-27(21)34-29/h15-16,34,37H,11-14H2,1-10H3/b25-15-,28-16-. The number of aliphatic imine (C=N–C) groups is 2.